The number of hydrogen-bond acceptors (Lipinski definition) is 4. The molecule has 2 aliphatic heterocycles. The highest BCUT2D eigenvalue weighted by molar-refractivity contribution is 9.10. The molecule has 2 saturated heterocycles. The van der Waals surface area contributed by atoms with E-state index in [2.05, 4.69) is 15.9 Å². The molecule has 0 N–H and O–H groups in total. The summed E-state index contributed by atoms with van der Waals surface area (Å²) in [5.74, 6) is -0.821. The van der Waals surface area contributed by atoms with Gasteiger partial charge in [0.1, 0.15) is 0 Å². The summed E-state index contributed by atoms with van der Waals surface area (Å²) in [6.07, 6.45) is 1.78. The van der Waals surface area contributed by atoms with E-state index in [0.29, 0.717) is 32.8 Å². The highest BCUT2D eigenvalue weighted by Crippen LogP contribution is 2.26. The lowest BCUT2D eigenvalue weighted by Gasteiger charge is -2.33. The van der Waals surface area contributed by atoms with Gasteiger partial charge in [-0.1, -0.05) is 28.1 Å². The zero-order chi connectivity index (χ0) is 19.4. The van der Waals surface area contributed by atoms with E-state index in [1.54, 1.807) is 16.7 Å². The monoisotopic (exact) mass is 436 g/mol. The molecule has 2 aliphatic rings. The van der Waals surface area contributed by atoms with Gasteiger partial charge in [0.05, 0.1) is 18.4 Å². The minimum absolute atomic E-state index is 0.00674. The fraction of sp³-hybridized carbons (Fsp3) is 0.550. The molecule has 6 nitrogen and oxygen atoms in total. The maximum Gasteiger partial charge on any atom is 0.310 e. The lowest BCUT2D eigenvalue weighted by molar-refractivity contribution is -0.152. The van der Waals surface area contributed by atoms with Crippen LogP contribution in [-0.4, -0.2) is 53.8 Å². The number of ether oxygens (including phenoxy) is 1. The average molecular weight is 437 g/mol. The number of piperidine rings is 1. The Kier molecular flexibility index (Phi) is 6.52. The molecule has 0 radical (unpaired) electrons. The number of carbonyl (C=O) groups is 3. The summed E-state index contributed by atoms with van der Waals surface area (Å²) < 4.78 is 6.07. The molecule has 2 heterocycles. The SMILES string of the molecule is CCOC(=O)[C@H]1CCCN(C(=O)[C@@H]2CC(=O)N(Cc3cccc(Br)c3)C2)C1. The molecule has 2 amide bonds. The number of rotatable bonds is 5. The van der Waals surface area contributed by atoms with Crippen molar-refractivity contribution in [3.05, 3.63) is 34.3 Å². The molecular weight excluding hydrogens is 412 g/mol. The predicted octanol–water partition coefficient (Wildman–Crippen LogP) is 2.60. The number of halogens is 1. The van der Waals surface area contributed by atoms with E-state index in [-0.39, 0.29) is 36.0 Å². The van der Waals surface area contributed by atoms with Crippen molar-refractivity contribution in [3.63, 3.8) is 0 Å². The maximum absolute atomic E-state index is 12.9. The van der Waals surface area contributed by atoms with Crippen molar-refractivity contribution in [2.75, 3.05) is 26.2 Å². The third kappa shape index (κ3) is 4.89. The maximum atomic E-state index is 12.9. The lowest BCUT2D eigenvalue weighted by atomic mass is 9.96. The summed E-state index contributed by atoms with van der Waals surface area (Å²) in [4.78, 5) is 40.8. The van der Waals surface area contributed by atoms with Crippen LogP contribution in [0.25, 0.3) is 0 Å². The van der Waals surface area contributed by atoms with Crippen LogP contribution in [-0.2, 0) is 25.7 Å². The van der Waals surface area contributed by atoms with Crippen LogP contribution >= 0.6 is 15.9 Å². The molecule has 1 aromatic rings. The Morgan fingerprint density at radius 2 is 2.07 bits per heavy atom. The number of amides is 2. The van der Waals surface area contributed by atoms with Crippen LogP contribution in [0.15, 0.2) is 28.7 Å². The number of nitrogens with zero attached hydrogens (tertiary/aromatic N) is 2. The standard InChI is InChI=1S/C20H25BrN2O4/c1-2-27-20(26)15-6-4-8-22(12-15)19(25)16-10-18(24)23(13-16)11-14-5-3-7-17(21)9-14/h3,5,7,9,15-16H,2,4,6,8,10-13H2,1H3/t15-,16+/m0/s1. The summed E-state index contributed by atoms with van der Waals surface area (Å²) in [6, 6.07) is 7.84. The van der Waals surface area contributed by atoms with Crippen molar-refractivity contribution in [2.24, 2.45) is 11.8 Å². The molecule has 0 aromatic heterocycles. The molecule has 0 spiro atoms. The molecule has 2 atom stereocenters. The second-order valence-electron chi connectivity index (χ2n) is 7.18. The smallest absolute Gasteiger partial charge is 0.310 e. The van der Waals surface area contributed by atoms with Gasteiger partial charge in [0, 0.05) is 37.1 Å². The quantitative estimate of drug-likeness (QED) is 0.665. The first kappa shape index (κ1) is 19.9. The van der Waals surface area contributed by atoms with Crippen molar-refractivity contribution in [1.82, 2.24) is 9.80 Å². The Morgan fingerprint density at radius 3 is 2.81 bits per heavy atom. The van der Waals surface area contributed by atoms with E-state index in [4.69, 9.17) is 4.74 Å². The van der Waals surface area contributed by atoms with E-state index < -0.39 is 0 Å². The zero-order valence-corrected chi connectivity index (χ0v) is 17.1. The Labute approximate surface area is 168 Å². The Morgan fingerprint density at radius 1 is 1.26 bits per heavy atom. The summed E-state index contributed by atoms with van der Waals surface area (Å²) in [5, 5.41) is 0. The van der Waals surface area contributed by atoms with Crippen LogP contribution < -0.4 is 0 Å². The minimum Gasteiger partial charge on any atom is -0.466 e. The van der Waals surface area contributed by atoms with Gasteiger partial charge in [0.25, 0.3) is 0 Å². The van der Waals surface area contributed by atoms with Crippen LogP contribution in [0.3, 0.4) is 0 Å². The summed E-state index contributed by atoms with van der Waals surface area (Å²) in [6.45, 7) is 4.12. The summed E-state index contributed by atoms with van der Waals surface area (Å²) >= 11 is 3.44. The second kappa shape index (κ2) is 8.87. The third-order valence-electron chi connectivity index (χ3n) is 5.18. The number of hydrogen-bond donors (Lipinski definition) is 0. The molecule has 1 aromatic carbocycles. The van der Waals surface area contributed by atoms with Crippen molar-refractivity contribution in [1.29, 1.82) is 0 Å². The van der Waals surface area contributed by atoms with Gasteiger partial charge in [-0.15, -0.1) is 0 Å². The van der Waals surface area contributed by atoms with Crippen LogP contribution in [0.2, 0.25) is 0 Å². The van der Waals surface area contributed by atoms with E-state index in [0.717, 1.165) is 22.9 Å². The summed E-state index contributed by atoms with van der Waals surface area (Å²) in [5.41, 5.74) is 1.03. The van der Waals surface area contributed by atoms with Gasteiger partial charge in [-0.25, -0.2) is 0 Å². The Balaban J connectivity index is 1.59. The van der Waals surface area contributed by atoms with Gasteiger partial charge in [0.15, 0.2) is 0 Å². The van der Waals surface area contributed by atoms with Crippen molar-refractivity contribution >= 4 is 33.7 Å². The van der Waals surface area contributed by atoms with Crippen molar-refractivity contribution in [2.45, 2.75) is 32.7 Å². The van der Waals surface area contributed by atoms with Crippen LogP contribution in [0, 0.1) is 11.8 Å². The first-order chi connectivity index (χ1) is 13.0. The van der Waals surface area contributed by atoms with Crippen molar-refractivity contribution in [3.8, 4) is 0 Å². The van der Waals surface area contributed by atoms with E-state index in [1.807, 2.05) is 24.3 Å². The van der Waals surface area contributed by atoms with E-state index >= 15 is 0 Å². The summed E-state index contributed by atoms with van der Waals surface area (Å²) in [7, 11) is 0. The average Bonchev–Trinajstić information content (AvgIpc) is 3.02. The number of carbonyl (C=O) groups excluding carboxylic acids is 3. The minimum atomic E-state index is -0.328. The largest absolute Gasteiger partial charge is 0.466 e. The lowest BCUT2D eigenvalue weighted by Crippen LogP contribution is -2.45. The molecule has 146 valence electrons. The molecule has 0 saturated carbocycles. The molecule has 2 fully saturated rings. The van der Waals surface area contributed by atoms with Gasteiger partial charge < -0.3 is 14.5 Å². The molecule has 27 heavy (non-hydrogen) atoms. The highest BCUT2D eigenvalue weighted by Gasteiger charge is 2.38. The second-order valence-corrected chi connectivity index (χ2v) is 8.10. The third-order valence-corrected chi connectivity index (χ3v) is 5.67. The topological polar surface area (TPSA) is 66.9 Å². The van der Waals surface area contributed by atoms with Gasteiger partial charge in [-0.05, 0) is 37.5 Å². The number of likely N-dealkylation sites (tertiary alicyclic amines) is 2. The molecule has 0 unspecified atom stereocenters. The number of esters is 1. The fourth-order valence-electron chi connectivity index (χ4n) is 3.83. The van der Waals surface area contributed by atoms with Crippen LogP contribution in [0.1, 0.15) is 31.7 Å². The normalized spacial score (nSPS) is 22.8. The molecule has 0 aliphatic carbocycles. The van der Waals surface area contributed by atoms with Gasteiger partial charge >= 0.3 is 5.97 Å². The first-order valence-electron chi connectivity index (χ1n) is 9.45. The van der Waals surface area contributed by atoms with Gasteiger partial charge in [-0.2, -0.15) is 0 Å². The van der Waals surface area contributed by atoms with Gasteiger partial charge in [0.2, 0.25) is 11.8 Å². The predicted molar refractivity (Wildman–Crippen MR) is 104 cm³/mol. The van der Waals surface area contributed by atoms with E-state index in [1.165, 1.54) is 0 Å². The Bertz CT molecular complexity index is 724. The molecular formula is C20H25BrN2O4. The highest BCUT2D eigenvalue weighted by atomic mass is 79.9. The number of benzene rings is 1. The van der Waals surface area contributed by atoms with Gasteiger partial charge in [-0.3, -0.25) is 14.4 Å². The van der Waals surface area contributed by atoms with E-state index in [9.17, 15) is 14.4 Å². The van der Waals surface area contributed by atoms with Crippen LogP contribution in [0.5, 0.6) is 0 Å². The Hall–Kier alpha value is -1.89. The molecule has 0 bridgehead atoms. The zero-order valence-electron chi connectivity index (χ0n) is 15.5. The first-order valence-corrected chi connectivity index (χ1v) is 10.2. The van der Waals surface area contributed by atoms with Crippen LogP contribution in [0.4, 0.5) is 0 Å². The van der Waals surface area contributed by atoms with Crippen molar-refractivity contribution < 1.29 is 19.1 Å². The molecule has 7 heteroatoms. The fourth-order valence-corrected chi connectivity index (χ4v) is 4.28. The molecule has 3 rings (SSSR count).